The van der Waals surface area contributed by atoms with E-state index in [1.165, 1.54) is 36.6 Å². The average molecular weight is 487 g/mol. The van der Waals surface area contributed by atoms with Gasteiger partial charge in [-0.1, -0.05) is 63.7 Å². The summed E-state index contributed by atoms with van der Waals surface area (Å²) in [5.74, 6) is 0.390. The van der Waals surface area contributed by atoms with Crippen molar-refractivity contribution < 1.29 is 22.7 Å². The van der Waals surface area contributed by atoms with Gasteiger partial charge < -0.3 is 9.57 Å². The van der Waals surface area contributed by atoms with Gasteiger partial charge in [-0.15, -0.1) is 0 Å². The molecular weight excluding hydrogens is 473 g/mol. The lowest BCUT2D eigenvalue weighted by atomic mass is 10.1. The molecule has 0 aromatic heterocycles. The van der Waals surface area contributed by atoms with Crippen molar-refractivity contribution in [1.29, 1.82) is 0 Å². The molecule has 2 aromatic carbocycles. The van der Waals surface area contributed by atoms with Gasteiger partial charge in [0, 0.05) is 5.56 Å². The molecular formula is C19H14Cl4F3NO2. The molecule has 0 spiro atoms. The van der Waals surface area contributed by atoms with Gasteiger partial charge in [0.05, 0.1) is 21.8 Å². The van der Waals surface area contributed by atoms with Gasteiger partial charge in [0.15, 0.2) is 0 Å². The van der Waals surface area contributed by atoms with Gasteiger partial charge in [-0.05, 0) is 42.8 Å². The van der Waals surface area contributed by atoms with Crippen LogP contribution in [-0.4, -0.2) is 12.8 Å². The highest BCUT2D eigenvalue weighted by Gasteiger charge is 2.30. The summed E-state index contributed by atoms with van der Waals surface area (Å²) in [5.41, 5.74) is -0.0758. The number of ether oxygens (including phenoxy) is 1. The first kappa shape index (κ1) is 23.7. The van der Waals surface area contributed by atoms with Gasteiger partial charge in [-0.25, -0.2) is 0 Å². The van der Waals surface area contributed by atoms with E-state index in [4.69, 9.17) is 56.0 Å². The van der Waals surface area contributed by atoms with Gasteiger partial charge >= 0.3 is 6.18 Å². The minimum atomic E-state index is -4.44. The monoisotopic (exact) mass is 485 g/mol. The SMILES string of the molecule is CC(ON=Cc1c(Cl)cc(OCC=C(Cl)Cl)cc1Cl)c1cccc(C(F)(F)F)c1. The smallest absolute Gasteiger partial charge is 0.416 e. The first-order valence-corrected chi connectivity index (χ1v) is 9.58. The third-order valence-electron chi connectivity index (χ3n) is 3.62. The molecule has 0 aliphatic rings. The number of rotatable bonds is 7. The summed E-state index contributed by atoms with van der Waals surface area (Å²) in [6.45, 7) is 1.70. The Morgan fingerprint density at radius 2 is 1.79 bits per heavy atom. The van der Waals surface area contributed by atoms with E-state index in [2.05, 4.69) is 5.16 Å². The number of nitrogens with zero attached hydrogens (tertiary/aromatic N) is 1. The van der Waals surface area contributed by atoms with Crippen LogP contribution in [-0.2, 0) is 11.0 Å². The van der Waals surface area contributed by atoms with Crippen molar-refractivity contribution in [2.75, 3.05) is 6.61 Å². The molecule has 0 heterocycles. The third-order valence-corrected chi connectivity index (χ3v) is 4.56. The van der Waals surface area contributed by atoms with Crippen LogP contribution >= 0.6 is 46.4 Å². The Morgan fingerprint density at radius 3 is 2.38 bits per heavy atom. The number of hydrogen-bond acceptors (Lipinski definition) is 3. The molecule has 3 nitrogen and oxygen atoms in total. The lowest BCUT2D eigenvalue weighted by Crippen LogP contribution is -2.06. The Labute approximate surface area is 185 Å². The maximum atomic E-state index is 12.8. The molecule has 10 heteroatoms. The van der Waals surface area contributed by atoms with Gasteiger partial charge in [0.25, 0.3) is 0 Å². The van der Waals surface area contributed by atoms with Gasteiger partial charge in [-0.3, -0.25) is 0 Å². The van der Waals surface area contributed by atoms with Crippen LogP contribution in [0.15, 0.2) is 52.1 Å². The average Bonchev–Trinajstić information content (AvgIpc) is 2.63. The van der Waals surface area contributed by atoms with E-state index in [0.29, 0.717) is 16.9 Å². The van der Waals surface area contributed by atoms with Crippen molar-refractivity contribution in [1.82, 2.24) is 0 Å². The summed E-state index contributed by atoms with van der Waals surface area (Å²) in [4.78, 5) is 5.25. The summed E-state index contributed by atoms with van der Waals surface area (Å²) in [5, 5.41) is 4.27. The van der Waals surface area contributed by atoms with Crippen LogP contribution in [0.3, 0.4) is 0 Å². The number of halogens is 7. The van der Waals surface area contributed by atoms with Crippen LogP contribution in [0.25, 0.3) is 0 Å². The van der Waals surface area contributed by atoms with Gasteiger partial charge in [-0.2, -0.15) is 13.2 Å². The molecule has 0 aliphatic heterocycles. The summed E-state index contributed by atoms with van der Waals surface area (Å²) in [6.07, 6.45) is -2.44. The van der Waals surface area contributed by atoms with Crippen molar-refractivity contribution in [3.8, 4) is 5.75 Å². The number of hydrogen-bond donors (Lipinski definition) is 0. The Hall–Kier alpha value is -1.60. The molecule has 1 unspecified atom stereocenters. The van der Waals surface area contributed by atoms with Crippen LogP contribution in [0.1, 0.15) is 29.7 Å². The minimum absolute atomic E-state index is 0.0676. The summed E-state index contributed by atoms with van der Waals surface area (Å²) < 4.78 is 43.9. The zero-order valence-corrected chi connectivity index (χ0v) is 17.8. The molecule has 29 heavy (non-hydrogen) atoms. The standard InChI is InChI=1S/C19H14Cl4F3NO2/c1-11(12-3-2-4-13(7-12)19(24,25)26)29-27-10-15-16(20)8-14(9-17(15)21)28-6-5-18(22)23/h2-5,7-11H,6H2,1H3. The zero-order valence-electron chi connectivity index (χ0n) is 14.8. The highest BCUT2D eigenvalue weighted by atomic mass is 35.5. The Bertz CT molecular complexity index is 890. The molecule has 0 aliphatic carbocycles. The fraction of sp³-hybridized carbons (Fsp3) is 0.211. The van der Waals surface area contributed by atoms with E-state index in [0.717, 1.165) is 12.1 Å². The van der Waals surface area contributed by atoms with Crippen molar-refractivity contribution in [2.24, 2.45) is 5.16 Å². The topological polar surface area (TPSA) is 30.8 Å². The first-order valence-electron chi connectivity index (χ1n) is 8.07. The lowest BCUT2D eigenvalue weighted by Gasteiger charge is -2.13. The maximum Gasteiger partial charge on any atom is 0.416 e. The van der Waals surface area contributed by atoms with E-state index < -0.39 is 17.8 Å². The first-order chi connectivity index (χ1) is 13.6. The Morgan fingerprint density at radius 1 is 1.14 bits per heavy atom. The van der Waals surface area contributed by atoms with E-state index in [-0.39, 0.29) is 21.1 Å². The second-order valence-corrected chi connectivity index (χ2v) is 7.53. The van der Waals surface area contributed by atoms with E-state index >= 15 is 0 Å². The third kappa shape index (κ3) is 7.30. The molecule has 0 saturated heterocycles. The molecule has 0 amide bonds. The molecule has 1 atom stereocenters. The van der Waals surface area contributed by atoms with E-state index in [1.807, 2.05) is 0 Å². The minimum Gasteiger partial charge on any atom is -0.489 e. The molecule has 156 valence electrons. The number of benzene rings is 2. The van der Waals surface area contributed by atoms with Crippen molar-refractivity contribution in [3.05, 3.63) is 73.7 Å². The normalized spacial score (nSPS) is 12.7. The summed E-state index contributed by atoms with van der Waals surface area (Å²) >= 11 is 23.3. The van der Waals surface area contributed by atoms with Crippen molar-refractivity contribution in [3.63, 3.8) is 0 Å². The van der Waals surface area contributed by atoms with Gasteiger partial charge in [0.1, 0.15) is 23.0 Å². The van der Waals surface area contributed by atoms with E-state index in [9.17, 15) is 13.2 Å². The van der Waals surface area contributed by atoms with Crippen molar-refractivity contribution in [2.45, 2.75) is 19.2 Å². The molecule has 0 fully saturated rings. The molecule has 0 N–H and O–H groups in total. The van der Waals surface area contributed by atoms with Crippen LogP contribution in [0.5, 0.6) is 5.75 Å². The Balaban J connectivity index is 2.07. The van der Waals surface area contributed by atoms with Crippen molar-refractivity contribution >= 4 is 52.6 Å². The van der Waals surface area contributed by atoms with Crippen LogP contribution in [0.4, 0.5) is 13.2 Å². The highest BCUT2D eigenvalue weighted by molar-refractivity contribution is 6.55. The quantitative estimate of drug-likeness (QED) is 0.295. The largest absolute Gasteiger partial charge is 0.489 e. The number of oxime groups is 1. The maximum absolute atomic E-state index is 12.8. The molecule has 2 rings (SSSR count). The molecule has 0 bridgehead atoms. The molecule has 2 aromatic rings. The molecule has 0 saturated carbocycles. The fourth-order valence-corrected chi connectivity index (χ4v) is 2.86. The highest BCUT2D eigenvalue weighted by Crippen LogP contribution is 2.32. The van der Waals surface area contributed by atoms with Crippen LogP contribution in [0.2, 0.25) is 10.0 Å². The second-order valence-electron chi connectivity index (χ2n) is 5.71. The predicted molar refractivity (Wildman–Crippen MR) is 110 cm³/mol. The predicted octanol–water partition coefficient (Wildman–Crippen LogP) is 7.82. The van der Waals surface area contributed by atoms with Crippen LogP contribution in [0, 0.1) is 0 Å². The van der Waals surface area contributed by atoms with E-state index in [1.54, 1.807) is 6.92 Å². The summed E-state index contributed by atoms with van der Waals surface area (Å²) in [7, 11) is 0. The van der Waals surface area contributed by atoms with Crippen LogP contribution < -0.4 is 4.74 Å². The lowest BCUT2D eigenvalue weighted by molar-refractivity contribution is -0.137. The fourth-order valence-electron chi connectivity index (χ4n) is 2.17. The van der Waals surface area contributed by atoms with Gasteiger partial charge in [0.2, 0.25) is 0 Å². The molecule has 0 radical (unpaired) electrons. The second kappa shape index (κ2) is 10.4. The number of alkyl halides is 3. The Kier molecular flexibility index (Phi) is 8.52. The zero-order chi connectivity index (χ0) is 21.6. The summed E-state index contributed by atoms with van der Waals surface area (Å²) in [6, 6.07) is 7.85.